The van der Waals surface area contributed by atoms with Gasteiger partial charge in [0.2, 0.25) is 0 Å². The van der Waals surface area contributed by atoms with Crippen molar-refractivity contribution in [2.24, 2.45) is 0 Å². The van der Waals surface area contributed by atoms with Gasteiger partial charge in [-0.1, -0.05) is 18.2 Å². The third kappa shape index (κ3) is 2.13. The fraction of sp³-hybridized carbons (Fsp3) is 0.500. The zero-order chi connectivity index (χ0) is 10.8. The first-order valence-electron chi connectivity index (χ1n) is 5.17. The number of aliphatic hydroxyl groups is 1. The van der Waals surface area contributed by atoms with E-state index < -0.39 is 6.10 Å². The zero-order valence-corrected chi connectivity index (χ0v) is 9.06. The van der Waals surface area contributed by atoms with Gasteiger partial charge in [-0.05, 0) is 25.0 Å². The molecule has 1 aliphatic rings. The molecule has 0 amide bonds. The van der Waals surface area contributed by atoms with E-state index in [-0.39, 0.29) is 6.10 Å². The van der Waals surface area contributed by atoms with Crippen molar-refractivity contribution in [1.82, 2.24) is 0 Å². The number of para-hydroxylation sites is 1. The highest BCUT2D eigenvalue weighted by atomic mass is 16.6. The van der Waals surface area contributed by atoms with Gasteiger partial charge in [0.15, 0.2) is 0 Å². The summed E-state index contributed by atoms with van der Waals surface area (Å²) in [6, 6.07) is 6.01. The fourth-order valence-corrected chi connectivity index (χ4v) is 1.77. The Labute approximate surface area is 89.6 Å². The van der Waals surface area contributed by atoms with E-state index in [1.807, 2.05) is 32.0 Å². The highest BCUT2D eigenvalue weighted by Crippen LogP contribution is 2.25. The van der Waals surface area contributed by atoms with Crippen LogP contribution in [0.25, 0.3) is 0 Å². The molecule has 1 fully saturated rings. The number of rotatable bonds is 2. The van der Waals surface area contributed by atoms with Gasteiger partial charge in [-0.15, -0.1) is 0 Å². The third-order valence-electron chi connectivity index (χ3n) is 2.68. The van der Waals surface area contributed by atoms with Crippen LogP contribution in [-0.2, 0) is 4.74 Å². The first-order valence-corrected chi connectivity index (χ1v) is 5.17. The lowest BCUT2D eigenvalue weighted by Crippen LogP contribution is -2.30. The molecule has 1 aromatic carbocycles. The van der Waals surface area contributed by atoms with Gasteiger partial charge in [-0.25, -0.2) is 0 Å². The van der Waals surface area contributed by atoms with Crippen molar-refractivity contribution in [3.63, 3.8) is 0 Å². The van der Waals surface area contributed by atoms with Gasteiger partial charge >= 0.3 is 0 Å². The Kier molecular flexibility index (Phi) is 2.93. The Hall–Kier alpha value is -1.06. The molecule has 1 N–H and O–H groups in total. The molecule has 0 saturated carbocycles. The molecule has 3 heteroatoms. The van der Waals surface area contributed by atoms with Crippen LogP contribution >= 0.6 is 0 Å². The Morgan fingerprint density at radius 3 is 2.47 bits per heavy atom. The number of hydrogen-bond acceptors (Lipinski definition) is 3. The van der Waals surface area contributed by atoms with Crippen molar-refractivity contribution in [3.05, 3.63) is 29.3 Å². The molecule has 0 bridgehead atoms. The lowest BCUT2D eigenvalue weighted by Gasteiger charge is -2.18. The normalized spacial score (nSPS) is 25.5. The van der Waals surface area contributed by atoms with Gasteiger partial charge in [0.25, 0.3) is 0 Å². The van der Waals surface area contributed by atoms with Gasteiger partial charge in [0.05, 0.1) is 13.2 Å². The Morgan fingerprint density at radius 1 is 1.27 bits per heavy atom. The predicted molar refractivity (Wildman–Crippen MR) is 57.2 cm³/mol. The second-order valence-electron chi connectivity index (χ2n) is 3.98. The number of hydrogen-bond donors (Lipinski definition) is 1. The van der Waals surface area contributed by atoms with Crippen LogP contribution in [-0.4, -0.2) is 30.5 Å². The molecular formula is C12H16O3. The van der Waals surface area contributed by atoms with Crippen LogP contribution in [0.5, 0.6) is 5.75 Å². The molecule has 1 heterocycles. The molecule has 2 rings (SSSR count). The molecule has 15 heavy (non-hydrogen) atoms. The molecule has 3 nitrogen and oxygen atoms in total. The maximum Gasteiger partial charge on any atom is 0.150 e. The van der Waals surface area contributed by atoms with Gasteiger partial charge in [-0.2, -0.15) is 0 Å². The van der Waals surface area contributed by atoms with Crippen molar-refractivity contribution in [2.75, 3.05) is 13.2 Å². The van der Waals surface area contributed by atoms with Crippen molar-refractivity contribution in [1.29, 1.82) is 0 Å². The Balaban J connectivity index is 2.16. The Morgan fingerprint density at radius 2 is 1.93 bits per heavy atom. The number of benzene rings is 1. The molecule has 0 aliphatic carbocycles. The molecule has 0 spiro atoms. The zero-order valence-electron chi connectivity index (χ0n) is 9.06. The topological polar surface area (TPSA) is 38.7 Å². The molecular weight excluding hydrogens is 192 g/mol. The molecule has 2 atom stereocenters. The molecule has 0 radical (unpaired) electrons. The van der Waals surface area contributed by atoms with Crippen LogP contribution in [0.4, 0.5) is 0 Å². The lowest BCUT2D eigenvalue weighted by atomic mass is 10.1. The standard InChI is InChI=1S/C12H16O3/c1-8-4-3-5-9(2)12(8)15-11-7-14-6-10(11)13/h3-5,10-11,13H,6-7H2,1-2H3/t10-,11-/m0/s1. The van der Waals surface area contributed by atoms with Crippen LogP contribution in [0.3, 0.4) is 0 Å². The quantitative estimate of drug-likeness (QED) is 0.799. The molecule has 0 unspecified atom stereocenters. The van der Waals surface area contributed by atoms with Gasteiger partial charge in [0, 0.05) is 0 Å². The summed E-state index contributed by atoms with van der Waals surface area (Å²) in [5.74, 6) is 0.868. The van der Waals surface area contributed by atoms with Crippen molar-refractivity contribution >= 4 is 0 Å². The highest BCUT2D eigenvalue weighted by molar-refractivity contribution is 5.39. The van der Waals surface area contributed by atoms with Crippen molar-refractivity contribution in [3.8, 4) is 5.75 Å². The second-order valence-corrected chi connectivity index (χ2v) is 3.98. The van der Waals surface area contributed by atoms with Crippen LogP contribution in [0.15, 0.2) is 18.2 Å². The van der Waals surface area contributed by atoms with E-state index in [2.05, 4.69) is 0 Å². The van der Waals surface area contributed by atoms with E-state index in [1.165, 1.54) is 0 Å². The molecule has 0 aromatic heterocycles. The van der Waals surface area contributed by atoms with Crippen LogP contribution < -0.4 is 4.74 Å². The summed E-state index contributed by atoms with van der Waals surface area (Å²) in [5, 5.41) is 9.58. The third-order valence-corrected chi connectivity index (χ3v) is 2.68. The second kappa shape index (κ2) is 4.21. The number of ether oxygens (including phenoxy) is 2. The lowest BCUT2D eigenvalue weighted by molar-refractivity contribution is 0.0725. The van der Waals surface area contributed by atoms with Crippen molar-refractivity contribution in [2.45, 2.75) is 26.1 Å². The van der Waals surface area contributed by atoms with E-state index >= 15 is 0 Å². The summed E-state index contributed by atoms with van der Waals surface area (Å²) in [4.78, 5) is 0. The summed E-state index contributed by atoms with van der Waals surface area (Å²) < 4.78 is 10.9. The van der Waals surface area contributed by atoms with Gasteiger partial charge in [0.1, 0.15) is 18.0 Å². The maximum atomic E-state index is 9.58. The summed E-state index contributed by atoms with van der Waals surface area (Å²) in [7, 11) is 0. The Bertz CT molecular complexity index is 328. The minimum atomic E-state index is -0.510. The largest absolute Gasteiger partial charge is 0.485 e. The summed E-state index contributed by atoms with van der Waals surface area (Å²) in [5.41, 5.74) is 2.18. The average molecular weight is 208 g/mol. The molecule has 1 aromatic rings. The monoisotopic (exact) mass is 208 g/mol. The van der Waals surface area contributed by atoms with Crippen LogP contribution in [0, 0.1) is 13.8 Å². The summed E-state index contributed by atoms with van der Waals surface area (Å²) in [6.45, 7) is 4.85. The minimum absolute atomic E-state index is 0.232. The van der Waals surface area contributed by atoms with E-state index in [1.54, 1.807) is 0 Å². The summed E-state index contributed by atoms with van der Waals surface area (Å²) >= 11 is 0. The molecule has 1 saturated heterocycles. The van der Waals surface area contributed by atoms with Crippen molar-refractivity contribution < 1.29 is 14.6 Å². The fourth-order valence-electron chi connectivity index (χ4n) is 1.77. The van der Waals surface area contributed by atoms with E-state index in [4.69, 9.17) is 9.47 Å². The smallest absolute Gasteiger partial charge is 0.150 e. The predicted octanol–water partition coefficient (Wildman–Crippen LogP) is 1.44. The van der Waals surface area contributed by atoms with Crippen LogP contribution in [0.2, 0.25) is 0 Å². The van der Waals surface area contributed by atoms with Crippen LogP contribution in [0.1, 0.15) is 11.1 Å². The SMILES string of the molecule is Cc1cccc(C)c1O[C@H]1COC[C@@H]1O. The first kappa shape index (κ1) is 10.5. The highest BCUT2D eigenvalue weighted by Gasteiger charge is 2.28. The first-order chi connectivity index (χ1) is 7.18. The molecule has 1 aliphatic heterocycles. The average Bonchev–Trinajstić information content (AvgIpc) is 2.58. The molecule has 82 valence electrons. The minimum Gasteiger partial charge on any atom is -0.485 e. The van der Waals surface area contributed by atoms with Gasteiger partial charge < -0.3 is 14.6 Å². The maximum absolute atomic E-state index is 9.58. The van der Waals surface area contributed by atoms with E-state index in [0.717, 1.165) is 16.9 Å². The van der Waals surface area contributed by atoms with E-state index in [9.17, 15) is 5.11 Å². The van der Waals surface area contributed by atoms with E-state index in [0.29, 0.717) is 13.2 Å². The number of aryl methyl sites for hydroxylation is 2. The summed E-state index contributed by atoms with van der Waals surface area (Å²) in [6.07, 6.45) is -0.742. The number of aliphatic hydroxyl groups excluding tert-OH is 1. The van der Waals surface area contributed by atoms with Gasteiger partial charge in [-0.3, -0.25) is 0 Å².